The van der Waals surface area contributed by atoms with Gasteiger partial charge in [-0.1, -0.05) is 0 Å². The molecule has 0 aliphatic heterocycles. The number of H-pyrrole nitrogens is 1. The summed E-state index contributed by atoms with van der Waals surface area (Å²) in [4.78, 5) is 14.9. The summed E-state index contributed by atoms with van der Waals surface area (Å²) in [6.07, 6.45) is 3.86. The molecule has 0 saturated heterocycles. The molecule has 2 aromatic rings. The number of aromatic amines is 1. The molecule has 1 aromatic heterocycles. The van der Waals surface area contributed by atoms with Crippen molar-refractivity contribution in [2.75, 3.05) is 26.6 Å². The first-order valence-corrected chi connectivity index (χ1v) is 6.39. The lowest BCUT2D eigenvalue weighted by atomic mass is 10.2. The van der Waals surface area contributed by atoms with Gasteiger partial charge in [0.1, 0.15) is 0 Å². The van der Waals surface area contributed by atoms with E-state index in [1.165, 1.54) is 21.3 Å². The molecule has 1 aromatic carbocycles. The van der Waals surface area contributed by atoms with Crippen LogP contribution in [-0.4, -0.2) is 32.2 Å². The van der Waals surface area contributed by atoms with Gasteiger partial charge in [-0.3, -0.25) is 4.79 Å². The van der Waals surface area contributed by atoms with E-state index in [2.05, 4.69) is 10.3 Å². The minimum atomic E-state index is -0.121. The van der Waals surface area contributed by atoms with Crippen LogP contribution in [0, 0.1) is 0 Å². The second-order valence-electron chi connectivity index (χ2n) is 4.36. The molecule has 21 heavy (non-hydrogen) atoms. The first kappa shape index (κ1) is 14.8. The smallest absolute Gasteiger partial charge is 0.228 e. The lowest BCUT2D eigenvalue weighted by Gasteiger charge is -2.14. The number of anilines is 1. The maximum absolute atomic E-state index is 12.0. The number of hydrogen-bond acceptors (Lipinski definition) is 4. The standard InChI is InChI=1S/C15H18N2O4/c1-19-12-7-11(8-13(20-2)15(12)21-3)17-14(18)6-10-4-5-16-9-10/h4-5,7-9,16H,6H2,1-3H3,(H,17,18). The Balaban J connectivity index is 2.17. The van der Waals surface area contributed by atoms with Gasteiger partial charge in [-0.15, -0.1) is 0 Å². The summed E-state index contributed by atoms with van der Waals surface area (Å²) in [6, 6.07) is 5.24. The predicted octanol–water partition coefficient (Wildman–Crippen LogP) is 2.22. The Hall–Kier alpha value is -2.63. The van der Waals surface area contributed by atoms with Gasteiger partial charge in [0, 0.05) is 30.2 Å². The van der Waals surface area contributed by atoms with E-state index in [0.717, 1.165) is 5.56 Å². The van der Waals surface area contributed by atoms with Crippen molar-refractivity contribution in [3.63, 3.8) is 0 Å². The first-order chi connectivity index (χ1) is 10.2. The van der Waals surface area contributed by atoms with E-state index in [0.29, 0.717) is 29.4 Å². The van der Waals surface area contributed by atoms with E-state index < -0.39 is 0 Å². The fourth-order valence-corrected chi connectivity index (χ4v) is 2.01. The Morgan fingerprint density at radius 1 is 1.14 bits per heavy atom. The van der Waals surface area contributed by atoms with Crippen molar-refractivity contribution in [2.24, 2.45) is 0 Å². The number of amides is 1. The topological polar surface area (TPSA) is 72.6 Å². The van der Waals surface area contributed by atoms with Gasteiger partial charge in [-0.2, -0.15) is 0 Å². The highest BCUT2D eigenvalue weighted by Crippen LogP contribution is 2.39. The van der Waals surface area contributed by atoms with Crippen molar-refractivity contribution in [1.82, 2.24) is 4.98 Å². The quantitative estimate of drug-likeness (QED) is 0.855. The summed E-state index contributed by atoms with van der Waals surface area (Å²) >= 11 is 0. The molecule has 0 aliphatic carbocycles. The number of rotatable bonds is 6. The average molecular weight is 290 g/mol. The lowest BCUT2D eigenvalue weighted by Crippen LogP contribution is -2.14. The monoisotopic (exact) mass is 290 g/mol. The van der Waals surface area contributed by atoms with E-state index in [-0.39, 0.29) is 5.91 Å². The third kappa shape index (κ3) is 3.47. The first-order valence-electron chi connectivity index (χ1n) is 6.39. The zero-order chi connectivity index (χ0) is 15.2. The number of carbonyl (C=O) groups is 1. The number of carbonyl (C=O) groups excluding carboxylic acids is 1. The number of aromatic nitrogens is 1. The van der Waals surface area contributed by atoms with Crippen LogP contribution in [0.5, 0.6) is 17.2 Å². The minimum Gasteiger partial charge on any atom is -0.493 e. The van der Waals surface area contributed by atoms with Crippen molar-refractivity contribution >= 4 is 11.6 Å². The predicted molar refractivity (Wildman–Crippen MR) is 79.2 cm³/mol. The average Bonchev–Trinajstić information content (AvgIpc) is 2.98. The van der Waals surface area contributed by atoms with E-state index in [1.54, 1.807) is 24.5 Å². The van der Waals surface area contributed by atoms with Gasteiger partial charge in [0.25, 0.3) is 0 Å². The zero-order valence-corrected chi connectivity index (χ0v) is 12.2. The molecule has 0 saturated carbocycles. The van der Waals surface area contributed by atoms with Crippen molar-refractivity contribution in [2.45, 2.75) is 6.42 Å². The van der Waals surface area contributed by atoms with Gasteiger partial charge in [-0.25, -0.2) is 0 Å². The summed E-state index contributed by atoms with van der Waals surface area (Å²) in [6.45, 7) is 0. The molecule has 0 unspecified atom stereocenters. The molecular weight excluding hydrogens is 272 g/mol. The molecule has 2 N–H and O–H groups in total. The molecule has 112 valence electrons. The van der Waals surface area contributed by atoms with E-state index in [9.17, 15) is 4.79 Å². The highest BCUT2D eigenvalue weighted by Gasteiger charge is 2.14. The summed E-state index contributed by atoms with van der Waals surface area (Å²) in [5.74, 6) is 1.36. The highest BCUT2D eigenvalue weighted by molar-refractivity contribution is 5.93. The molecule has 1 amide bonds. The number of nitrogens with one attached hydrogen (secondary N) is 2. The van der Waals surface area contributed by atoms with Crippen molar-refractivity contribution < 1.29 is 19.0 Å². The van der Waals surface area contributed by atoms with Gasteiger partial charge in [0.05, 0.1) is 27.8 Å². The minimum absolute atomic E-state index is 0.121. The molecule has 1 heterocycles. The van der Waals surface area contributed by atoms with Gasteiger partial charge >= 0.3 is 0 Å². The van der Waals surface area contributed by atoms with Crippen LogP contribution in [0.15, 0.2) is 30.6 Å². The molecule has 0 radical (unpaired) electrons. The van der Waals surface area contributed by atoms with E-state index in [1.807, 2.05) is 6.07 Å². The molecule has 0 spiro atoms. The van der Waals surface area contributed by atoms with Crippen LogP contribution in [-0.2, 0) is 11.2 Å². The normalized spacial score (nSPS) is 10.0. The van der Waals surface area contributed by atoms with Gasteiger partial charge in [0.2, 0.25) is 11.7 Å². The summed E-state index contributed by atoms with van der Waals surface area (Å²) in [5.41, 5.74) is 1.50. The largest absolute Gasteiger partial charge is 0.493 e. The summed E-state index contributed by atoms with van der Waals surface area (Å²) in [7, 11) is 4.59. The van der Waals surface area contributed by atoms with Crippen LogP contribution in [0.4, 0.5) is 5.69 Å². The summed E-state index contributed by atoms with van der Waals surface area (Å²) in [5, 5.41) is 2.81. The van der Waals surface area contributed by atoms with Gasteiger partial charge in [0.15, 0.2) is 11.5 Å². The highest BCUT2D eigenvalue weighted by atomic mass is 16.5. The third-order valence-corrected chi connectivity index (χ3v) is 2.98. The molecule has 0 atom stereocenters. The Morgan fingerprint density at radius 3 is 2.29 bits per heavy atom. The molecule has 6 nitrogen and oxygen atoms in total. The maximum atomic E-state index is 12.0. The number of methoxy groups -OCH3 is 3. The number of benzene rings is 1. The molecule has 0 fully saturated rings. The Labute approximate surface area is 123 Å². The maximum Gasteiger partial charge on any atom is 0.228 e. The Bertz CT molecular complexity index is 583. The van der Waals surface area contributed by atoms with Crippen LogP contribution >= 0.6 is 0 Å². The number of ether oxygens (including phenoxy) is 3. The van der Waals surface area contributed by atoms with Gasteiger partial charge < -0.3 is 24.5 Å². The van der Waals surface area contributed by atoms with Crippen LogP contribution < -0.4 is 19.5 Å². The second kappa shape index (κ2) is 6.69. The lowest BCUT2D eigenvalue weighted by molar-refractivity contribution is -0.115. The SMILES string of the molecule is COc1cc(NC(=O)Cc2cc[nH]c2)cc(OC)c1OC. The van der Waals surface area contributed by atoms with Crippen LogP contribution in [0.2, 0.25) is 0 Å². The molecule has 0 bridgehead atoms. The second-order valence-corrected chi connectivity index (χ2v) is 4.36. The zero-order valence-electron chi connectivity index (χ0n) is 12.2. The van der Waals surface area contributed by atoms with Crippen molar-refractivity contribution in [3.8, 4) is 17.2 Å². The Kier molecular flexibility index (Phi) is 4.71. The summed E-state index contributed by atoms with van der Waals surface area (Å²) < 4.78 is 15.7. The van der Waals surface area contributed by atoms with Gasteiger partial charge in [-0.05, 0) is 11.6 Å². The fourth-order valence-electron chi connectivity index (χ4n) is 2.01. The van der Waals surface area contributed by atoms with E-state index in [4.69, 9.17) is 14.2 Å². The van der Waals surface area contributed by atoms with Crippen LogP contribution in [0.1, 0.15) is 5.56 Å². The molecule has 6 heteroatoms. The van der Waals surface area contributed by atoms with Crippen LogP contribution in [0.3, 0.4) is 0 Å². The number of hydrogen-bond donors (Lipinski definition) is 2. The van der Waals surface area contributed by atoms with Crippen molar-refractivity contribution in [3.05, 3.63) is 36.2 Å². The Morgan fingerprint density at radius 2 is 1.81 bits per heavy atom. The fraction of sp³-hybridized carbons (Fsp3) is 0.267. The molecule has 0 aliphatic rings. The van der Waals surface area contributed by atoms with Crippen LogP contribution in [0.25, 0.3) is 0 Å². The third-order valence-electron chi connectivity index (χ3n) is 2.98. The van der Waals surface area contributed by atoms with Crippen molar-refractivity contribution in [1.29, 1.82) is 0 Å². The van der Waals surface area contributed by atoms with E-state index >= 15 is 0 Å². The molecular formula is C15H18N2O4. The molecule has 2 rings (SSSR count).